The molecule has 2 rings (SSSR count). The normalized spacial score (nSPS) is 10.1. The molecule has 0 bridgehead atoms. The first-order chi connectivity index (χ1) is 11.6. The standard InChI is InChI=1S/C18H18ClNO4/c1-2-10-23-18(22)13-8-9-15(19)16(11-13)20-17(21)12-24-14-6-4-3-5-7-14/h3-9,11H,2,10,12H2,1H3,(H,20,21). The average Bonchev–Trinajstić information content (AvgIpc) is 2.60. The van der Waals surface area contributed by atoms with Gasteiger partial charge in [-0.15, -0.1) is 0 Å². The van der Waals surface area contributed by atoms with Crippen LogP contribution in [0.5, 0.6) is 5.75 Å². The van der Waals surface area contributed by atoms with E-state index in [9.17, 15) is 9.59 Å². The minimum Gasteiger partial charge on any atom is -0.484 e. The fraction of sp³-hybridized carbons (Fsp3) is 0.222. The molecule has 0 aliphatic carbocycles. The number of rotatable bonds is 7. The Morgan fingerprint density at radius 3 is 2.58 bits per heavy atom. The third kappa shape index (κ3) is 5.28. The Bertz CT molecular complexity index is 703. The minimum absolute atomic E-state index is 0.162. The van der Waals surface area contributed by atoms with Crippen molar-refractivity contribution < 1.29 is 19.1 Å². The number of nitrogens with one attached hydrogen (secondary N) is 1. The summed E-state index contributed by atoms with van der Waals surface area (Å²) >= 11 is 6.06. The summed E-state index contributed by atoms with van der Waals surface area (Å²) in [7, 11) is 0. The summed E-state index contributed by atoms with van der Waals surface area (Å²) in [5, 5.41) is 2.96. The second-order valence-corrected chi connectivity index (χ2v) is 5.39. The monoisotopic (exact) mass is 347 g/mol. The topological polar surface area (TPSA) is 64.6 Å². The molecule has 0 aliphatic rings. The highest BCUT2D eigenvalue weighted by molar-refractivity contribution is 6.33. The molecule has 0 radical (unpaired) electrons. The van der Waals surface area contributed by atoms with Gasteiger partial charge in [-0.25, -0.2) is 4.79 Å². The van der Waals surface area contributed by atoms with Gasteiger partial charge in [0.1, 0.15) is 5.75 Å². The van der Waals surface area contributed by atoms with E-state index in [1.807, 2.05) is 25.1 Å². The summed E-state index contributed by atoms with van der Waals surface area (Å²) in [4.78, 5) is 23.8. The number of hydrogen-bond donors (Lipinski definition) is 1. The van der Waals surface area contributed by atoms with E-state index in [1.54, 1.807) is 18.2 Å². The van der Waals surface area contributed by atoms with Gasteiger partial charge in [0.05, 0.1) is 22.9 Å². The van der Waals surface area contributed by atoms with Crippen molar-refractivity contribution >= 4 is 29.2 Å². The molecule has 0 spiro atoms. The first kappa shape index (κ1) is 17.8. The van der Waals surface area contributed by atoms with Crippen LogP contribution in [0, 0.1) is 0 Å². The second kappa shape index (κ2) is 8.93. The Morgan fingerprint density at radius 2 is 1.88 bits per heavy atom. The first-order valence-electron chi connectivity index (χ1n) is 7.54. The van der Waals surface area contributed by atoms with Crippen LogP contribution in [0.4, 0.5) is 5.69 Å². The van der Waals surface area contributed by atoms with E-state index in [0.717, 1.165) is 6.42 Å². The predicted molar refractivity (Wildman–Crippen MR) is 92.6 cm³/mol. The van der Waals surface area contributed by atoms with E-state index < -0.39 is 5.97 Å². The summed E-state index contributed by atoms with van der Waals surface area (Å²) in [5.74, 6) is -0.236. The van der Waals surface area contributed by atoms with Gasteiger partial charge >= 0.3 is 5.97 Å². The number of hydrogen-bond acceptors (Lipinski definition) is 4. The number of para-hydroxylation sites is 1. The van der Waals surface area contributed by atoms with Crippen molar-refractivity contribution in [2.75, 3.05) is 18.5 Å². The molecular formula is C18H18ClNO4. The van der Waals surface area contributed by atoms with Gasteiger partial charge < -0.3 is 14.8 Å². The minimum atomic E-state index is -0.454. The zero-order valence-corrected chi connectivity index (χ0v) is 14.0. The van der Waals surface area contributed by atoms with Crippen LogP contribution in [0.3, 0.4) is 0 Å². The Kier molecular flexibility index (Phi) is 6.63. The smallest absolute Gasteiger partial charge is 0.338 e. The van der Waals surface area contributed by atoms with Crippen LogP contribution in [-0.2, 0) is 9.53 Å². The van der Waals surface area contributed by atoms with Gasteiger partial charge in [-0.05, 0) is 36.8 Å². The van der Waals surface area contributed by atoms with Gasteiger partial charge in [-0.1, -0.05) is 36.7 Å². The summed E-state index contributed by atoms with van der Waals surface area (Å²) in [6, 6.07) is 13.6. The lowest BCUT2D eigenvalue weighted by Gasteiger charge is -2.10. The van der Waals surface area contributed by atoms with E-state index in [1.165, 1.54) is 12.1 Å². The van der Waals surface area contributed by atoms with E-state index in [-0.39, 0.29) is 12.5 Å². The zero-order chi connectivity index (χ0) is 17.4. The Hall–Kier alpha value is -2.53. The van der Waals surface area contributed by atoms with Gasteiger partial charge in [-0.3, -0.25) is 4.79 Å². The summed E-state index contributed by atoms with van der Waals surface area (Å²) in [6.07, 6.45) is 0.736. The van der Waals surface area contributed by atoms with Crippen LogP contribution in [-0.4, -0.2) is 25.1 Å². The molecule has 126 valence electrons. The lowest BCUT2D eigenvalue weighted by atomic mass is 10.2. The van der Waals surface area contributed by atoms with E-state index >= 15 is 0 Å². The fourth-order valence-electron chi connectivity index (χ4n) is 1.88. The third-order valence-electron chi connectivity index (χ3n) is 3.03. The van der Waals surface area contributed by atoms with E-state index in [0.29, 0.717) is 28.6 Å². The number of esters is 1. The molecule has 5 nitrogen and oxygen atoms in total. The number of amides is 1. The molecule has 0 aromatic heterocycles. The Labute approximate surface area is 145 Å². The molecule has 0 heterocycles. The van der Waals surface area contributed by atoms with Crippen molar-refractivity contribution in [2.24, 2.45) is 0 Å². The van der Waals surface area contributed by atoms with Gasteiger partial charge in [-0.2, -0.15) is 0 Å². The number of ether oxygens (including phenoxy) is 2. The summed E-state index contributed by atoms with van der Waals surface area (Å²) < 4.78 is 10.4. The van der Waals surface area contributed by atoms with Gasteiger partial charge in [0.15, 0.2) is 6.61 Å². The SMILES string of the molecule is CCCOC(=O)c1ccc(Cl)c(NC(=O)COc2ccccc2)c1. The van der Waals surface area contributed by atoms with Crippen molar-refractivity contribution in [3.8, 4) is 5.75 Å². The molecule has 1 amide bonds. The maximum absolute atomic E-state index is 12.0. The molecule has 0 unspecified atom stereocenters. The van der Waals surface area contributed by atoms with Crippen molar-refractivity contribution in [3.63, 3.8) is 0 Å². The van der Waals surface area contributed by atoms with Crippen molar-refractivity contribution in [2.45, 2.75) is 13.3 Å². The van der Waals surface area contributed by atoms with Crippen LogP contribution in [0.15, 0.2) is 48.5 Å². The van der Waals surface area contributed by atoms with Crippen molar-refractivity contribution in [1.82, 2.24) is 0 Å². The van der Waals surface area contributed by atoms with Crippen LogP contribution < -0.4 is 10.1 Å². The maximum Gasteiger partial charge on any atom is 0.338 e. The first-order valence-corrected chi connectivity index (χ1v) is 7.92. The zero-order valence-electron chi connectivity index (χ0n) is 13.3. The molecule has 2 aromatic rings. The number of benzene rings is 2. The highest BCUT2D eigenvalue weighted by Crippen LogP contribution is 2.23. The molecular weight excluding hydrogens is 330 g/mol. The van der Waals surface area contributed by atoms with Gasteiger partial charge in [0.2, 0.25) is 0 Å². The third-order valence-corrected chi connectivity index (χ3v) is 3.36. The fourth-order valence-corrected chi connectivity index (χ4v) is 2.04. The lowest BCUT2D eigenvalue weighted by Crippen LogP contribution is -2.20. The molecule has 0 atom stereocenters. The summed E-state index contributed by atoms with van der Waals surface area (Å²) in [6.45, 7) is 2.09. The molecule has 2 aromatic carbocycles. The molecule has 0 fully saturated rings. The average molecular weight is 348 g/mol. The number of halogens is 1. The van der Waals surface area contributed by atoms with Crippen LogP contribution in [0.25, 0.3) is 0 Å². The predicted octanol–water partition coefficient (Wildman–Crippen LogP) is 3.92. The van der Waals surface area contributed by atoms with E-state index in [4.69, 9.17) is 21.1 Å². The summed E-state index contributed by atoms with van der Waals surface area (Å²) in [5.41, 5.74) is 0.663. The number of anilines is 1. The quantitative estimate of drug-likeness (QED) is 0.771. The molecule has 6 heteroatoms. The molecule has 24 heavy (non-hydrogen) atoms. The number of carbonyl (C=O) groups excluding carboxylic acids is 2. The molecule has 0 aliphatic heterocycles. The Balaban J connectivity index is 1.97. The molecule has 0 saturated carbocycles. The van der Waals surface area contributed by atoms with E-state index in [2.05, 4.69) is 5.32 Å². The van der Waals surface area contributed by atoms with Gasteiger partial charge in [0.25, 0.3) is 5.91 Å². The number of carbonyl (C=O) groups is 2. The maximum atomic E-state index is 12.0. The van der Waals surface area contributed by atoms with Crippen molar-refractivity contribution in [3.05, 3.63) is 59.1 Å². The van der Waals surface area contributed by atoms with Crippen LogP contribution in [0.1, 0.15) is 23.7 Å². The van der Waals surface area contributed by atoms with Crippen LogP contribution in [0.2, 0.25) is 5.02 Å². The van der Waals surface area contributed by atoms with Crippen molar-refractivity contribution in [1.29, 1.82) is 0 Å². The Morgan fingerprint density at radius 1 is 1.12 bits per heavy atom. The highest BCUT2D eigenvalue weighted by Gasteiger charge is 2.12. The second-order valence-electron chi connectivity index (χ2n) is 4.98. The lowest BCUT2D eigenvalue weighted by molar-refractivity contribution is -0.118. The molecule has 0 saturated heterocycles. The molecule has 1 N–H and O–H groups in total. The largest absolute Gasteiger partial charge is 0.484 e. The van der Waals surface area contributed by atoms with Gasteiger partial charge in [0, 0.05) is 0 Å². The highest BCUT2D eigenvalue weighted by atomic mass is 35.5. The van der Waals surface area contributed by atoms with Crippen LogP contribution >= 0.6 is 11.6 Å².